The first-order valence-electron chi connectivity index (χ1n) is 5.21. The van der Waals surface area contributed by atoms with Gasteiger partial charge in [0, 0.05) is 13.1 Å². The van der Waals surface area contributed by atoms with Crippen molar-refractivity contribution in [2.24, 2.45) is 0 Å². The van der Waals surface area contributed by atoms with E-state index >= 15 is 0 Å². The number of carbonyl (C=O) groups is 1. The summed E-state index contributed by atoms with van der Waals surface area (Å²) in [5, 5.41) is 9.66. The molecule has 0 aromatic heterocycles. The molecule has 0 aliphatic carbocycles. The van der Waals surface area contributed by atoms with Gasteiger partial charge in [-0.05, 0) is 5.56 Å². The fourth-order valence-corrected chi connectivity index (χ4v) is 1.38. The average Bonchev–Trinajstić information content (AvgIpc) is 2.27. The Balaban J connectivity index is 2.68. The van der Waals surface area contributed by atoms with Crippen molar-refractivity contribution in [2.45, 2.75) is 12.8 Å². The van der Waals surface area contributed by atoms with Crippen LogP contribution in [0.4, 0.5) is 18.0 Å². The van der Waals surface area contributed by atoms with Gasteiger partial charge in [0.15, 0.2) is 0 Å². The number of carbonyl (C=O) groups excluding carboxylic acids is 1. The smallest absolute Gasteiger partial charge is 0.395 e. The summed E-state index contributed by atoms with van der Waals surface area (Å²) in [6, 6.07) is 7.29. The molecular weight excluding hydrogens is 249 g/mol. The highest BCUT2D eigenvalue weighted by molar-refractivity contribution is 5.74. The summed E-state index contributed by atoms with van der Waals surface area (Å²) in [6.07, 6.45) is -4.78. The van der Waals surface area contributed by atoms with E-state index < -0.39 is 18.9 Å². The Hall–Kier alpha value is -1.76. The average molecular weight is 262 g/mol. The molecule has 0 unspecified atom stereocenters. The molecule has 0 aliphatic rings. The minimum atomic E-state index is -4.78. The molecule has 0 bridgehead atoms. The first-order valence-corrected chi connectivity index (χ1v) is 5.21. The van der Waals surface area contributed by atoms with Crippen LogP contribution >= 0.6 is 0 Å². The normalized spacial score (nSPS) is 11.1. The maximum atomic E-state index is 12.0. The summed E-state index contributed by atoms with van der Waals surface area (Å²) in [5.74, 6) is 0. The molecule has 0 saturated carbocycles. The van der Waals surface area contributed by atoms with Crippen molar-refractivity contribution in [2.75, 3.05) is 13.2 Å². The fraction of sp³-hybridized carbons (Fsp3) is 0.364. The monoisotopic (exact) mass is 262 g/mol. The zero-order chi connectivity index (χ0) is 13.6. The topological polar surface area (TPSA) is 52.6 Å². The number of aliphatic hydroxyl groups excluding tert-OH is 1. The molecule has 0 aliphatic heterocycles. The van der Waals surface area contributed by atoms with Crippen LogP contribution in [-0.4, -0.2) is 35.5 Å². The highest BCUT2D eigenvalue weighted by Gasteiger charge is 2.32. The summed E-state index contributed by atoms with van der Waals surface area (Å²) < 4.78 is 36.1. The maximum absolute atomic E-state index is 12.0. The van der Waals surface area contributed by atoms with Crippen molar-refractivity contribution < 1.29 is 23.1 Å². The lowest BCUT2D eigenvalue weighted by molar-refractivity contribution is -0.147. The van der Waals surface area contributed by atoms with Crippen LogP contribution in [0.25, 0.3) is 0 Å². The van der Waals surface area contributed by atoms with Crippen LogP contribution in [0, 0.1) is 0 Å². The Bertz CT molecular complexity index is 382. The Morgan fingerprint density at radius 3 is 2.39 bits per heavy atom. The number of hydrogen-bond donors (Lipinski definition) is 2. The van der Waals surface area contributed by atoms with E-state index in [0.29, 0.717) is 5.56 Å². The van der Waals surface area contributed by atoms with Crippen molar-refractivity contribution in [3.63, 3.8) is 0 Å². The molecule has 0 saturated heterocycles. The number of nitrogens with one attached hydrogen (secondary N) is 1. The molecule has 0 radical (unpaired) electrons. The van der Waals surface area contributed by atoms with Gasteiger partial charge in [0.1, 0.15) is 0 Å². The Kier molecular flexibility index (Phi) is 4.96. The van der Waals surface area contributed by atoms with Gasteiger partial charge in [0.05, 0.1) is 6.61 Å². The number of hydrogen-bond acceptors (Lipinski definition) is 2. The highest BCUT2D eigenvalue weighted by atomic mass is 19.4. The second-order valence-corrected chi connectivity index (χ2v) is 3.56. The fourth-order valence-electron chi connectivity index (χ4n) is 1.38. The van der Waals surface area contributed by atoms with E-state index in [4.69, 9.17) is 5.11 Å². The van der Waals surface area contributed by atoms with Crippen LogP contribution in [0.1, 0.15) is 5.56 Å². The lowest BCUT2D eigenvalue weighted by atomic mass is 10.2. The summed E-state index contributed by atoms with van der Waals surface area (Å²) in [7, 11) is 0. The van der Waals surface area contributed by atoms with Gasteiger partial charge >= 0.3 is 12.3 Å². The van der Waals surface area contributed by atoms with Gasteiger partial charge < -0.3 is 10.0 Å². The molecule has 4 nitrogen and oxygen atoms in total. The molecule has 1 aromatic rings. The number of amides is 2. The van der Waals surface area contributed by atoms with Gasteiger partial charge in [0.25, 0.3) is 0 Å². The van der Waals surface area contributed by atoms with Gasteiger partial charge in [-0.3, -0.25) is 0 Å². The first-order chi connectivity index (χ1) is 8.42. The SMILES string of the molecule is O=C(NC(F)(F)F)N(CCO)Cc1ccccc1. The minimum absolute atomic E-state index is 0.00329. The van der Waals surface area contributed by atoms with E-state index in [1.54, 1.807) is 30.3 Å². The van der Waals surface area contributed by atoms with Crippen molar-refractivity contribution in [3.05, 3.63) is 35.9 Å². The Morgan fingerprint density at radius 2 is 1.89 bits per heavy atom. The molecule has 1 aromatic carbocycles. The number of halogens is 3. The molecule has 0 atom stereocenters. The molecule has 0 heterocycles. The zero-order valence-corrected chi connectivity index (χ0v) is 9.44. The molecule has 7 heteroatoms. The second-order valence-electron chi connectivity index (χ2n) is 3.56. The van der Waals surface area contributed by atoms with E-state index in [1.165, 1.54) is 0 Å². The van der Waals surface area contributed by atoms with Crippen molar-refractivity contribution in [1.29, 1.82) is 0 Å². The highest BCUT2D eigenvalue weighted by Crippen LogP contribution is 2.11. The van der Waals surface area contributed by atoms with Crippen LogP contribution in [0.2, 0.25) is 0 Å². The van der Waals surface area contributed by atoms with Crippen LogP contribution in [0.3, 0.4) is 0 Å². The van der Waals surface area contributed by atoms with E-state index in [0.717, 1.165) is 10.2 Å². The lowest BCUT2D eigenvalue weighted by Crippen LogP contribution is -2.47. The maximum Gasteiger partial charge on any atom is 0.485 e. The number of nitrogens with zero attached hydrogens (tertiary/aromatic N) is 1. The van der Waals surface area contributed by atoms with E-state index in [9.17, 15) is 18.0 Å². The molecule has 18 heavy (non-hydrogen) atoms. The summed E-state index contributed by atoms with van der Waals surface area (Å²) in [6.45, 7) is -0.571. The van der Waals surface area contributed by atoms with Crippen LogP contribution in [0.5, 0.6) is 0 Å². The lowest BCUT2D eigenvalue weighted by Gasteiger charge is -2.23. The predicted molar refractivity (Wildman–Crippen MR) is 58.5 cm³/mol. The minimum Gasteiger partial charge on any atom is -0.395 e. The van der Waals surface area contributed by atoms with Crippen molar-refractivity contribution in [1.82, 2.24) is 10.2 Å². The molecule has 100 valence electrons. The number of rotatable bonds is 4. The van der Waals surface area contributed by atoms with Gasteiger partial charge in [-0.1, -0.05) is 30.3 Å². The Morgan fingerprint density at radius 1 is 1.28 bits per heavy atom. The molecular formula is C11H13F3N2O2. The van der Waals surface area contributed by atoms with Gasteiger partial charge in [0.2, 0.25) is 0 Å². The standard InChI is InChI=1S/C11H13F3N2O2/c12-11(13,14)15-10(18)16(6-7-17)8-9-4-2-1-3-5-9/h1-5,17H,6-8H2,(H,15,18). The molecule has 2 amide bonds. The van der Waals surface area contributed by atoms with Crippen LogP contribution < -0.4 is 5.32 Å². The zero-order valence-electron chi connectivity index (χ0n) is 9.44. The number of aliphatic hydroxyl groups is 1. The summed E-state index contributed by atoms with van der Waals surface area (Å²) >= 11 is 0. The Labute approximate surface area is 102 Å². The van der Waals surface area contributed by atoms with Gasteiger partial charge in [-0.15, -0.1) is 0 Å². The molecule has 1 rings (SSSR count). The van der Waals surface area contributed by atoms with Crippen LogP contribution in [0.15, 0.2) is 30.3 Å². The number of urea groups is 1. The second kappa shape index (κ2) is 6.25. The van der Waals surface area contributed by atoms with Crippen molar-refractivity contribution >= 4 is 6.03 Å². The molecule has 0 fully saturated rings. The van der Waals surface area contributed by atoms with Crippen LogP contribution in [-0.2, 0) is 6.54 Å². The predicted octanol–water partition coefficient (Wildman–Crippen LogP) is 1.71. The van der Waals surface area contributed by atoms with E-state index in [1.807, 2.05) is 0 Å². The van der Waals surface area contributed by atoms with Gasteiger partial charge in [-0.25, -0.2) is 10.1 Å². The van der Waals surface area contributed by atoms with E-state index in [2.05, 4.69) is 0 Å². The van der Waals surface area contributed by atoms with E-state index in [-0.39, 0.29) is 13.1 Å². The number of alkyl halides is 3. The van der Waals surface area contributed by atoms with Crippen molar-refractivity contribution in [3.8, 4) is 0 Å². The third-order valence-corrected chi connectivity index (χ3v) is 2.12. The third kappa shape index (κ3) is 5.05. The number of benzene rings is 1. The molecule has 0 spiro atoms. The summed E-state index contributed by atoms with van der Waals surface area (Å²) in [5.41, 5.74) is 0.684. The molecule has 2 N–H and O–H groups in total. The first kappa shape index (κ1) is 14.3. The quantitative estimate of drug-likeness (QED) is 0.812. The van der Waals surface area contributed by atoms with Gasteiger partial charge in [-0.2, -0.15) is 13.2 Å². The third-order valence-electron chi connectivity index (χ3n) is 2.12. The summed E-state index contributed by atoms with van der Waals surface area (Å²) in [4.78, 5) is 12.2. The largest absolute Gasteiger partial charge is 0.485 e.